The summed E-state index contributed by atoms with van der Waals surface area (Å²) in [6, 6.07) is 8.84. The van der Waals surface area contributed by atoms with Crippen LogP contribution >= 0.6 is 23.2 Å². The third kappa shape index (κ3) is 4.50. The van der Waals surface area contributed by atoms with Crippen molar-refractivity contribution in [3.63, 3.8) is 0 Å². The van der Waals surface area contributed by atoms with Gasteiger partial charge in [-0.25, -0.2) is 0 Å². The van der Waals surface area contributed by atoms with Crippen LogP contribution in [0.2, 0.25) is 10.0 Å². The number of rotatable bonds is 6. The van der Waals surface area contributed by atoms with Gasteiger partial charge in [0.05, 0.1) is 18.7 Å². The maximum atomic E-state index is 12.1. The van der Waals surface area contributed by atoms with Gasteiger partial charge in [-0.3, -0.25) is 9.69 Å². The summed E-state index contributed by atoms with van der Waals surface area (Å²) in [4.78, 5) is 14.1. The number of benzene rings is 1. The SMILES string of the molecule is CN(C)C(CNC(=O)Cc1ccc(Cl)cc1Cl)c1ccco1. The highest BCUT2D eigenvalue weighted by atomic mass is 35.5. The molecule has 0 radical (unpaired) electrons. The van der Waals surface area contributed by atoms with Crippen molar-refractivity contribution >= 4 is 29.1 Å². The van der Waals surface area contributed by atoms with Crippen molar-refractivity contribution < 1.29 is 9.21 Å². The van der Waals surface area contributed by atoms with Gasteiger partial charge in [-0.1, -0.05) is 29.3 Å². The summed E-state index contributed by atoms with van der Waals surface area (Å²) in [6.45, 7) is 0.463. The number of carbonyl (C=O) groups is 1. The number of hydrogen-bond acceptors (Lipinski definition) is 3. The third-order valence-corrected chi connectivity index (χ3v) is 3.94. The van der Waals surface area contributed by atoms with Crippen LogP contribution in [0.15, 0.2) is 41.0 Å². The highest BCUT2D eigenvalue weighted by Gasteiger charge is 2.18. The molecule has 2 rings (SSSR count). The molecule has 0 aliphatic rings. The van der Waals surface area contributed by atoms with E-state index in [0.29, 0.717) is 16.6 Å². The van der Waals surface area contributed by atoms with Gasteiger partial charge in [-0.2, -0.15) is 0 Å². The number of furan rings is 1. The van der Waals surface area contributed by atoms with E-state index >= 15 is 0 Å². The first-order chi connectivity index (χ1) is 10.5. The molecule has 1 amide bonds. The van der Waals surface area contributed by atoms with Crippen molar-refractivity contribution in [1.29, 1.82) is 0 Å². The molecule has 0 fully saturated rings. The molecule has 1 N–H and O–H groups in total. The fourth-order valence-corrected chi connectivity index (χ4v) is 2.60. The van der Waals surface area contributed by atoms with Crippen molar-refractivity contribution in [3.05, 3.63) is 58.0 Å². The van der Waals surface area contributed by atoms with Crippen LogP contribution in [0.1, 0.15) is 17.4 Å². The van der Waals surface area contributed by atoms with Gasteiger partial charge in [0.15, 0.2) is 0 Å². The molecule has 6 heteroatoms. The van der Waals surface area contributed by atoms with Gasteiger partial charge in [0, 0.05) is 16.6 Å². The van der Waals surface area contributed by atoms with Gasteiger partial charge < -0.3 is 9.73 Å². The van der Waals surface area contributed by atoms with Crippen LogP contribution in [0.25, 0.3) is 0 Å². The molecule has 1 aromatic carbocycles. The molecule has 1 unspecified atom stereocenters. The van der Waals surface area contributed by atoms with E-state index < -0.39 is 0 Å². The Kier molecular flexibility index (Phi) is 5.89. The zero-order valence-electron chi connectivity index (χ0n) is 12.5. The lowest BCUT2D eigenvalue weighted by Crippen LogP contribution is -2.35. The zero-order valence-corrected chi connectivity index (χ0v) is 14.0. The van der Waals surface area contributed by atoms with Crippen LogP contribution in [0, 0.1) is 0 Å². The summed E-state index contributed by atoms with van der Waals surface area (Å²) in [5.74, 6) is 0.720. The van der Waals surface area contributed by atoms with E-state index in [1.165, 1.54) is 0 Å². The van der Waals surface area contributed by atoms with Gasteiger partial charge >= 0.3 is 0 Å². The zero-order chi connectivity index (χ0) is 16.1. The third-order valence-electron chi connectivity index (χ3n) is 3.35. The number of carbonyl (C=O) groups excluding carboxylic acids is 1. The van der Waals surface area contributed by atoms with E-state index in [0.717, 1.165) is 11.3 Å². The summed E-state index contributed by atoms with van der Waals surface area (Å²) in [5, 5.41) is 3.96. The predicted molar refractivity (Wildman–Crippen MR) is 88.3 cm³/mol. The van der Waals surface area contributed by atoms with E-state index in [9.17, 15) is 4.79 Å². The van der Waals surface area contributed by atoms with Crippen LogP contribution < -0.4 is 5.32 Å². The van der Waals surface area contributed by atoms with Crippen molar-refractivity contribution in [2.75, 3.05) is 20.6 Å². The summed E-state index contributed by atoms with van der Waals surface area (Å²) >= 11 is 11.9. The van der Waals surface area contributed by atoms with Gasteiger partial charge in [0.2, 0.25) is 5.91 Å². The molecule has 0 saturated carbocycles. The summed E-state index contributed by atoms with van der Waals surface area (Å²) in [7, 11) is 3.88. The maximum absolute atomic E-state index is 12.1. The fourth-order valence-electron chi connectivity index (χ4n) is 2.13. The molecule has 0 saturated heterocycles. The number of nitrogens with one attached hydrogen (secondary N) is 1. The number of nitrogens with zero attached hydrogens (tertiary/aromatic N) is 1. The molecule has 118 valence electrons. The second-order valence-electron chi connectivity index (χ2n) is 5.21. The lowest BCUT2D eigenvalue weighted by atomic mass is 10.1. The largest absolute Gasteiger partial charge is 0.468 e. The minimum Gasteiger partial charge on any atom is -0.468 e. The Hall–Kier alpha value is -1.49. The molecule has 1 atom stereocenters. The normalized spacial score (nSPS) is 12.4. The van der Waals surface area contributed by atoms with Crippen LogP contribution in [0.5, 0.6) is 0 Å². The van der Waals surface area contributed by atoms with Crippen LogP contribution in [0.4, 0.5) is 0 Å². The van der Waals surface area contributed by atoms with Crippen LogP contribution in [-0.2, 0) is 11.2 Å². The minimum atomic E-state index is -0.0948. The van der Waals surface area contributed by atoms with Gasteiger partial charge in [0.25, 0.3) is 0 Å². The number of hydrogen-bond donors (Lipinski definition) is 1. The molecule has 0 bridgehead atoms. The number of likely N-dealkylation sites (N-methyl/N-ethyl adjacent to an activating group) is 1. The average Bonchev–Trinajstić information content (AvgIpc) is 2.96. The molecule has 0 aliphatic carbocycles. The Bertz CT molecular complexity index is 627. The van der Waals surface area contributed by atoms with Gasteiger partial charge in [0.1, 0.15) is 5.76 Å². The summed E-state index contributed by atoms with van der Waals surface area (Å²) in [5.41, 5.74) is 0.753. The van der Waals surface area contributed by atoms with E-state index in [2.05, 4.69) is 5.32 Å². The molecular formula is C16H18Cl2N2O2. The Morgan fingerprint density at radius 3 is 2.68 bits per heavy atom. The van der Waals surface area contributed by atoms with Gasteiger partial charge in [-0.15, -0.1) is 0 Å². The maximum Gasteiger partial charge on any atom is 0.224 e. The van der Waals surface area contributed by atoms with Crippen molar-refractivity contribution in [1.82, 2.24) is 10.2 Å². The van der Waals surface area contributed by atoms with Crippen molar-refractivity contribution in [2.45, 2.75) is 12.5 Å². The Labute approximate surface area is 140 Å². The number of amides is 1. The molecule has 22 heavy (non-hydrogen) atoms. The highest BCUT2D eigenvalue weighted by Crippen LogP contribution is 2.21. The fraction of sp³-hybridized carbons (Fsp3) is 0.312. The van der Waals surface area contributed by atoms with E-state index in [1.807, 2.05) is 31.1 Å². The van der Waals surface area contributed by atoms with E-state index in [-0.39, 0.29) is 18.4 Å². The summed E-state index contributed by atoms with van der Waals surface area (Å²) in [6.07, 6.45) is 1.84. The summed E-state index contributed by atoms with van der Waals surface area (Å²) < 4.78 is 5.41. The Morgan fingerprint density at radius 2 is 2.09 bits per heavy atom. The average molecular weight is 341 g/mol. The quantitative estimate of drug-likeness (QED) is 0.874. The smallest absolute Gasteiger partial charge is 0.224 e. The predicted octanol–water partition coefficient (Wildman–Crippen LogP) is 3.55. The Balaban J connectivity index is 1.94. The van der Waals surface area contributed by atoms with Crippen molar-refractivity contribution in [2.24, 2.45) is 0 Å². The van der Waals surface area contributed by atoms with Crippen molar-refractivity contribution in [3.8, 4) is 0 Å². The second kappa shape index (κ2) is 7.68. The first-order valence-electron chi connectivity index (χ1n) is 6.88. The monoisotopic (exact) mass is 340 g/mol. The molecule has 1 heterocycles. The Morgan fingerprint density at radius 1 is 1.32 bits per heavy atom. The first-order valence-corrected chi connectivity index (χ1v) is 7.63. The molecule has 2 aromatic rings. The molecule has 0 aliphatic heterocycles. The lowest BCUT2D eigenvalue weighted by molar-refractivity contribution is -0.120. The van der Waals surface area contributed by atoms with E-state index in [1.54, 1.807) is 24.5 Å². The minimum absolute atomic E-state index is 0.0142. The second-order valence-corrected chi connectivity index (χ2v) is 6.06. The molecule has 0 spiro atoms. The molecule has 1 aromatic heterocycles. The number of halogens is 2. The lowest BCUT2D eigenvalue weighted by Gasteiger charge is -2.22. The van der Waals surface area contributed by atoms with Crippen LogP contribution in [0.3, 0.4) is 0 Å². The standard InChI is InChI=1S/C16H18Cl2N2O2/c1-20(2)14(15-4-3-7-22-15)10-19-16(21)8-11-5-6-12(17)9-13(11)18/h3-7,9,14H,8,10H2,1-2H3,(H,19,21). The van der Waals surface area contributed by atoms with Crippen LogP contribution in [-0.4, -0.2) is 31.4 Å². The molecule has 4 nitrogen and oxygen atoms in total. The first kappa shape index (κ1) is 16.9. The topological polar surface area (TPSA) is 45.5 Å². The van der Waals surface area contributed by atoms with E-state index in [4.69, 9.17) is 27.6 Å². The highest BCUT2D eigenvalue weighted by molar-refractivity contribution is 6.35. The molecular weight excluding hydrogens is 323 g/mol. The van der Waals surface area contributed by atoms with Gasteiger partial charge in [-0.05, 0) is 43.9 Å².